The Bertz CT molecular complexity index is 589. The molecule has 1 atom stereocenters. The van der Waals surface area contributed by atoms with Crippen LogP contribution in [0.2, 0.25) is 0 Å². The molecule has 1 heterocycles. The highest BCUT2D eigenvalue weighted by Crippen LogP contribution is 2.22. The molecule has 3 nitrogen and oxygen atoms in total. The van der Waals surface area contributed by atoms with Crippen LogP contribution >= 0.6 is 15.9 Å². The summed E-state index contributed by atoms with van der Waals surface area (Å²) in [6.45, 7) is 7.11. The van der Waals surface area contributed by atoms with Gasteiger partial charge in [-0.1, -0.05) is 29.8 Å². The smallest absolute Gasteiger partial charge is 0.0738 e. The van der Waals surface area contributed by atoms with Crippen molar-refractivity contribution in [2.24, 2.45) is 5.73 Å². The normalized spacial score (nSPS) is 12.7. The lowest BCUT2D eigenvalue weighted by Crippen LogP contribution is -2.27. The van der Waals surface area contributed by atoms with Crippen molar-refractivity contribution in [2.45, 2.75) is 46.2 Å². The highest BCUT2D eigenvalue weighted by molar-refractivity contribution is 9.10. The fourth-order valence-electron chi connectivity index (χ4n) is 2.53. The van der Waals surface area contributed by atoms with Crippen molar-refractivity contribution in [2.75, 3.05) is 0 Å². The summed E-state index contributed by atoms with van der Waals surface area (Å²) < 4.78 is 3.13. The number of rotatable bonds is 5. The number of hydrogen-bond donors (Lipinski definition) is 1. The van der Waals surface area contributed by atoms with Gasteiger partial charge in [0.25, 0.3) is 0 Å². The van der Waals surface area contributed by atoms with Gasteiger partial charge in [0.05, 0.1) is 15.9 Å². The molecule has 0 saturated heterocycles. The molecule has 0 aliphatic heterocycles. The van der Waals surface area contributed by atoms with Gasteiger partial charge in [0.1, 0.15) is 0 Å². The van der Waals surface area contributed by atoms with Crippen LogP contribution in [-0.4, -0.2) is 15.8 Å². The van der Waals surface area contributed by atoms with Crippen LogP contribution in [-0.2, 0) is 19.4 Å². The standard InChI is InChI=1S/C16H22BrN3/c1-4-20-15(16(17)12(3)19-20)10-14(18)9-13-7-5-6-11(2)8-13/h5-8,14H,4,9-10,18H2,1-3H3. The Balaban J connectivity index is 2.10. The van der Waals surface area contributed by atoms with E-state index >= 15 is 0 Å². The summed E-state index contributed by atoms with van der Waals surface area (Å²) in [7, 11) is 0. The fraction of sp³-hybridized carbons (Fsp3) is 0.438. The van der Waals surface area contributed by atoms with Crippen molar-refractivity contribution in [3.05, 3.63) is 51.3 Å². The Morgan fingerprint density at radius 1 is 1.30 bits per heavy atom. The minimum Gasteiger partial charge on any atom is -0.327 e. The van der Waals surface area contributed by atoms with Crippen LogP contribution in [0.5, 0.6) is 0 Å². The van der Waals surface area contributed by atoms with Crippen molar-refractivity contribution in [1.82, 2.24) is 9.78 Å². The third kappa shape index (κ3) is 3.49. The number of hydrogen-bond acceptors (Lipinski definition) is 2. The van der Waals surface area contributed by atoms with Crippen LogP contribution in [0.3, 0.4) is 0 Å². The van der Waals surface area contributed by atoms with Crippen molar-refractivity contribution in [3.8, 4) is 0 Å². The summed E-state index contributed by atoms with van der Waals surface area (Å²) in [6.07, 6.45) is 1.73. The zero-order chi connectivity index (χ0) is 14.7. The van der Waals surface area contributed by atoms with Gasteiger partial charge in [-0.2, -0.15) is 5.10 Å². The monoisotopic (exact) mass is 335 g/mol. The molecule has 108 valence electrons. The summed E-state index contributed by atoms with van der Waals surface area (Å²) in [5, 5.41) is 4.52. The lowest BCUT2D eigenvalue weighted by atomic mass is 10.0. The average molecular weight is 336 g/mol. The second kappa shape index (κ2) is 6.55. The third-order valence-corrected chi connectivity index (χ3v) is 4.52. The number of aromatic nitrogens is 2. The molecule has 20 heavy (non-hydrogen) atoms. The lowest BCUT2D eigenvalue weighted by molar-refractivity contribution is 0.573. The van der Waals surface area contributed by atoms with Crippen molar-refractivity contribution < 1.29 is 0 Å². The third-order valence-electron chi connectivity index (χ3n) is 3.49. The number of benzene rings is 1. The van der Waals surface area contributed by atoms with Gasteiger partial charge in [-0.3, -0.25) is 4.68 Å². The first-order chi connectivity index (χ1) is 9.51. The average Bonchev–Trinajstić information content (AvgIpc) is 2.66. The molecule has 0 aliphatic rings. The van der Waals surface area contributed by atoms with Crippen molar-refractivity contribution >= 4 is 15.9 Å². The van der Waals surface area contributed by atoms with Gasteiger partial charge in [0.15, 0.2) is 0 Å². The predicted molar refractivity (Wildman–Crippen MR) is 86.9 cm³/mol. The van der Waals surface area contributed by atoms with Crippen LogP contribution < -0.4 is 5.73 Å². The van der Waals surface area contributed by atoms with E-state index in [1.54, 1.807) is 0 Å². The molecule has 1 unspecified atom stereocenters. The van der Waals surface area contributed by atoms with Gasteiger partial charge in [0, 0.05) is 19.0 Å². The van der Waals surface area contributed by atoms with Crippen LogP contribution in [0.15, 0.2) is 28.7 Å². The van der Waals surface area contributed by atoms with Gasteiger partial charge >= 0.3 is 0 Å². The van der Waals surface area contributed by atoms with E-state index in [1.165, 1.54) is 16.8 Å². The maximum absolute atomic E-state index is 6.33. The van der Waals surface area contributed by atoms with Crippen molar-refractivity contribution in [3.63, 3.8) is 0 Å². The van der Waals surface area contributed by atoms with Crippen LogP contribution in [0, 0.1) is 13.8 Å². The van der Waals surface area contributed by atoms with E-state index in [2.05, 4.69) is 59.1 Å². The molecule has 1 aromatic heterocycles. The fourth-order valence-corrected chi connectivity index (χ4v) is 2.97. The molecule has 2 aromatic rings. The van der Waals surface area contributed by atoms with E-state index in [-0.39, 0.29) is 6.04 Å². The molecule has 0 aliphatic carbocycles. The van der Waals surface area contributed by atoms with Gasteiger partial charge in [-0.25, -0.2) is 0 Å². The number of aryl methyl sites for hydroxylation is 3. The van der Waals surface area contributed by atoms with Gasteiger partial charge in [0.2, 0.25) is 0 Å². The van der Waals surface area contributed by atoms with Crippen LogP contribution in [0.4, 0.5) is 0 Å². The Morgan fingerprint density at radius 2 is 2.05 bits per heavy atom. The molecule has 0 fully saturated rings. The maximum atomic E-state index is 6.33. The zero-order valence-electron chi connectivity index (χ0n) is 12.4. The Hall–Kier alpha value is -1.13. The van der Waals surface area contributed by atoms with Gasteiger partial charge in [-0.05, 0) is 48.7 Å². The first kappa shape index (κ1) is 15.3. The van der Waals surface area contributed by atoms with E-state index in [1.807, 2.05) is 11.6 Å². The Kier molecular flexibility index (Phi) is 5.00. The second-order valence-electron chi connectivity index (χ2n) is 5.32. The highest BCUT2D eigenvalue weighted by atomic mass is 79.9. The molecule has 0 amide bonds. The minimum atomic E-state index is 0.106. The van der Waals surface area contributed by atoms with E-state index in [9.17, 15) is 0 Å². The molecule has 1 aromatic carbocycles. The number of nitrogens with zero attached hydrogens (tertiary/aromatic N) is 2. The topological polar surface area (TPSA) is 43.8 Å². The Labute approximate surface area is 129 Å². The van der Waals surface area contributed by atoms with Crippen LogP contribution in [0.25, 0.3) is 0 Å². The molecule has 2 rings (SSSR count). The summed E-state index contributed by atoms with van der Waals surface area (Å²) >= 11 is 3.63. The lowest BCUT2D eigenvalue weighted by Gasteiger charge is -2.13. The second-order valence-corrected chi connectivity index (χ2v) is 6.11. The first-order valence-electron chi connectivity index (χ1n) is 7.04. The highest BCUT2D eigenvalue weighted by Gasteiger charge is 2.15. The predicted octanol–water partition coefficient (Wildman–Crippen LogP) is 3.39. The SMILES string of the molecule is CCn1nc(C)c(Br)c1CC(N)Cc1cccc(C)c1. The molecule has 0 bridgehead atoms. The van der Waals surface area contributed by atoms with Crippen LogP contribution in [0.1, 0.15) is 29.4 Å². The van der Waals surface area contributed by atoms with E-state index in [4.69, 9.17) is 5.73 Å². The summed E-state index contributed by atoms with van der Waals surface area (Å²) in [4.78, 5) is 0. The molecule has 0 radical (unpaired) electrons. The summed E-state index contributed by atoms with van der Waals surface area (Å²) in [5.41, 5.74) is 11.1. The molecule has 0 spiro atoms. The zero-order valence-corrected chi connectivity index (χ0v) is 13.9. The minimum absolute atomic E-state index is 0.106. The summed E-state index contributed by atoms with van der Waals surface area (Å²) in [6, 6.07) is 8.66. The largest absolute Gasteiger partial charge is 0.327 e. The summed E-state index contributed by atoms with van der Waals surface area (Å²) in [5.74, 6) is 0. The van der Waals surface area contributed by atoms with Crippen molar-refractivity contribution in [1.29, 1.82) is 0 Å². The molecule has 2 N–H and O–H groups in total. The maximum Gasteiger partial charge on any atom is 0.0738 e. The number of nitrogens with two attached hydrogens (primary N) is 1. The van der Waals surface area contributed by atoms with Gasteiger partial charge < -0.3 is 5.73 Å². The van der Waals surface area contributed by atoms with E-state index < -0.39 is 0 Å². The van der Waals surface area contributed by atoms with E-state index in [0.29, 0.717) is 0 Å². The molecular formula is C16H22BrN3. The van der Waals surface area contributed by atoms with Gasteiger partial charge in [-0.15, -0.1) is 0 Å². The molecular weight excluding hydrogens is 314 g/mol. The number of halogens is 1. The first-order valence-corrected chi connectivity index (χ1v) is 7.83. The van der Waals surface area contributed by atoms with E-state index in [0.717, 1.165) is 29.6 Å². The molecule has 0 saturated carbocycles. The quantitative estimate of drug-likeness (QED) is 0.909. The Morgan fingerprint density at radius 3 is 2.70 bits per heavy atom. The molecule has 4 heteroatoms.